The molecule has 0 spiro atoms. The van der Waals surface area contributed by atoms with Gasteiger partial charge in [-0.3, -0.25) is 9.89 Å². The van der Waals surface area contributed by atoms with Crippen LogP contribution < -0.4 is 5.32 Å². The molecule has 2 aromatic heterocycles. The Hall–Kier alpha value is -1.76. The molecule has 1 fully saturated rings. The first-order chi connectivity index (χ1) is 9.72. The molecule has 0 radical (unpaired) electrons. The van der Waals surface area contributed by atoms with E-state index in [1.807, 2.05) is 13.0 Å². The van der Waals surface area contributed by atoms with Crippen molar-refractivity contribution >= 4 is 17.7 Å². The molecule has 1 atom stereocenters. The van der Waals surface area contributed by atoms with Crippen LogP contribution in [-0.4, -0.2) is 26.8 Å². The van der Waals surface area contributed by atoms with E-state index in [1.165, 1.54) is 24.6 Å². The van der Waals surface area contributed by atoms with Crippen LogP contribution in [0.15, 0.2) is 28.0 Å². The number of carbonyl (C=O) groups excluding carboxylic acids is 1. The second-order valence-corrected chi connectivity index (χ2v) is 5.81. The van der Waals surface area contributed by atoms with Crippen LogP contribution in [0.1, 0.15) is 43.3 Å². The van der Waals surface area contributed by atoms with Gasteiger partial charge in [-0.2, -0.15) is 0 Å². The highest BCUT2D eigenvalue weighted by Crippen LogP contribution is 2.38. The van der Waals surface area contributed by atoms with E-state index in [1.54, 1.807) is 12.3 Å². The Labute approximate surface area is 120 Å². The Bertz CT molecular complexity index is 577. The quantitative estimate of drug-likeness (QED) is 0.798. The van der Waals surface area contributed by atoms with Crippen LogP contribution in [0.3, 0.4) is 0 Å². The highest BCUT2D eigenvalue weighted by molar-refractivity contribution is 7.99. The fourth-order valence-electron chi connectivity index (χ4n) is 1.88. The SMILES string of the molecule is CC(NC(=O)CSc1n[nH]c(C2CC2)n1)c1ccco1. The lowest BCUT2D eigenvalue weighted by Gasteiger charge is -2.10. The Morgan fingerprint density at radius 2 is 2.50 bits per heavy atom. The first-order valence-corrected chi connectivity index (χ1v) is 7.59. The average Bonchev–Trinajstić information content (AvgIpc) is 2.95. The van der Waals surface area contributed by atoms with Crippen molar-refractivity contribution in [3.05, 3.63) is 30.0 Å². The summed E-state index contributed by atoms with van der Waals surface area (Å²) < 4.78 is 5.24. The predicted molar refractivity (Wildman–Crippen MR) is 74.3 cm³/mol. The van der Waals surface area contributed by atoms with Crippen LogP contribution in [0, 0.1) is 0 Å². The number of hydrogen-bond donors (Lipinski definition) is 2. The van der Waals surface area contributed by atoms with Crippen molar-refractivity contribution in [3.63, 3.8) is 0 Å². The molecule has 2 N–H and O–H groups in total. The summed E-state index contributed by atoms with van der Waals surface area (Å²) in [6.07, 6.45) is 3.96. The van der Waals surface area contributed by atoms with Gasteiger partial charge in [-0.1, -0.05) is 11.8 Å². The molecule has 1 saturated carbocycles. The molecule has 2 heterocycles. The third kappa shape index (κ3) is 3.22. The van der Waals surface area contributed by atoms with Gasteiger partial charge in [0.1, 0.15) is 11.6 Å². The van der Waals surface area contributed by atoms with Gasteiger partial charge < -0.3 is 9.73 Å². The Morgan fingerprint density at radius 1 is 1.65 bits per heavy atom. The van der Waals surface area contributed by atoms with E-state index < -0.39 is 0 Å². The zero-order valence-electron chi connectivity index (χ0n) is 11.1. The van der Waals surface area contributed by atoms with Crippen LogP contribution in [0.5, 0.6) is 0 Å². The Kier molecular flexibility index (Phi) is 3.77. The molecule has 0 bridgehead atoms. The summed E-state index contributed by atoms with van der Waals surface area (Å²) in [5.74, 6) is 2.47. The molecule has 0 saturated heterocycles. The lowest BCUT2D eigenvalue weighted by Crippen LogP contribution is -2.27. The summed E-state index contributed by atoms with van der Waals surface area (Å²) >= 11 is 1.34. The van der Waals surface area contributed by atoms with E-state index in [4.69, 9.17) is 4.42 Å². The van der Waals surface area contributed by atoms with Gasteiger partial charge in [0.25, 0.3) is 0 Å². The number of rotatable bonds is 6. The molecular formula is C13H16N4O2S. The molecule has 7 heteroatoms. The molecule has 20 heavy (non-hydrogen) atoms. The van der Waals surface area contributed by atoms with Crippen molar-refractivity contribution in [2.24, 2.45) is 0 Å². The van der Waals surface area contributed by atoms with E-state index in [0.717, 1.165) is 11.6 Å². The maximum absolute atomic E-state index is 11.8. The summed E-state index contributed by atoms with van der Waals surface area (Å²) in [6, 6.07) is 3.52. The monoisotopic (exact) mass is 292 g/mol. The highest BCUT2D eigenvalue weighted by atomic mass is 32.2. The summed E-state index contributed by atoms with van der Waals surface area (Å²) in [5, 5.41) is 10.5. The van der Waals surface area contributed by atoms with Crippen LogP contribution in [0.4, 0.5) is 0 Å². The van der Waals surface area contributed by atoms with Crippen molar-refractivity contribution in [2.45, 2.75) is 36.9 Å². The van der Waals surface area contributed by atoms with E-state index >= 15 is 0 Å². The Balaban J connectivity index is 1.46. The van der Waals surface area contributed by atoms with Gasteiger partial charge in [-0.25, -0.2) is 4.98 Å². The fourth-order valence-corrected chi connectivity index (χ4v) is 2.50. The molecule has 1 amide bonds. The van der Waals surface area contributed by atoms with Crippen molar-refractivity contribution in [1.29, 1.82) is 0 Å². The molecule has 2 aromatic rings. The second-order valence-electron chi connectivity index (χ2n) is 4.87. The first-order valence-electron chi connectivity index (χ1n) is 6.60. The number of nitrogens with zero attached hydrogens (tertiary/aromatic N) is 2. The van der Waals surface area contributed by atoms with E-state index in [0.29, 0.717) is 16.8 Å². The molecule has 1 unspecified atom stereocenters. The van der Waals surface area contributed by atoms with Gasteiger partial charge in [0.05, 0.1) is 18.1 Å². The zero-order chi connectivity index (χ0) is 13.9. The van der Waals surface area contributed by atoms with Gasteiger partial charge in [0.15, 0.2) is 0 Å². The normalized spacial score (nSPS) is 16.1. The minimum absolute atomic E-state index is 0.0586. The third-order valence-corrected chi connectivity index (χ3v) is 3.97. The van der Waals surface area contributed by atoms with Crippen molar-refractivity contribution in [3.8, 4) is 0 Å². The summed E-state index contributed by atoms with van der Waals surface area (Å²) in [7, 11) is 0. The van der Waals surface area contributed by atoms with E-state index in [2.05, 4.69) is 20.5 Å². The number of furan rings is 1. The maximum Gasteiger partial charge on any atom is 0.231 e. The van der Waals surface area contributed by atoms with Crippen molar-refractivity contribution < 1.29 is 9.21 Å². The van der Waals surface area contributed by atoms with Crippen LogP contribution in [0.25, 0.3) is 0 Å². The van der Waals surface area contributed by atoms with Crippen LogP contribution in [0.2, 0.25) is 0 Å². The topological polar surface area (TPSA) is 83.8 Å². The van der Waals surface area contributed by atoms with Crippen molar-refractivity contribution in [2.75, 3.05) is 5.75 Å². The number of aromatic amines is 1. The number of amides is 1. The molecule has 106 valence electrons. The van der Waals surface area contributed by atoms with Crippen LogP contribution in [-0.2, 0) is 4.79 Å². The number of hydrogen-bond acceptors (Lipinski definition) is 5. The molecule has 0 aromatic carbocycles. The molecular weight excluding hydrogens is 276 g/mol. The maximum atomic E-state index is 11.8. The third-order valence-electron chi connectivity index (χ3n) is 3.13. The lowest BCUT2D eigenvalue weighted by atomic mass is 10.2. The molecule has 3 rings (SSSR count). The van der Waals surface area contributed by atoms with Gasteiger partial charge >= 0.3 is 0 Å². The molecule has 6 nitrogen and oxygen atoms in total. The average molecular weight is 292 g/mol. The van der Waals surface area contributed by atoms with Crippen molar-refractivity contribution in [1.82, 2.24) is 20.5 Å². The molecule has 1 aliphatic rings. The molecule has 0 aliphatic heterocycles. The predicted octanol–water partition coefficient (Wildman–Crippen LogP) is 2.24. The standard InChI is InChI=1S/C13H16N4O2S/c1-8(10-3-2-6-19-10)14-11(18)7-20-13-15-12(16-17-13)9-4-5-9/h2-3,6,8-9H,4-5,7H2,1H3,(H,14,18)(H,15,16,17). The smallest absolute Gasteiger partial charge is 0.231 e. The number of nitrogens with one attached hydrogen (secondary N) is 2. The van der Waals surface area contributed by atoms with E-state index in [9.17, 15) is 4.79 Å². The number of H-pyrrole nitrogens is 1. The highest BCUT2D eigenvalue weighted by Gasteiger charge is 2.27. The minimum atomic E-state index is -0.132. The summed E-state index contributed by atoms with van der Waals surface area (Å²) in [5.41, 5.74) is 0. The van der Waals surface area contributed by atoms with E-state index in [-0.39, 0.29) is 11.9 Å². The second kappa shape index (κ2) is 5.70. The van der Waals surface area contributed by atoms with Gasteiger partial charge in [0, 0.05) is 5.92 Å². The molecule has 1 aliphatic carbocycles. The number of carbonyl (C=O) groups is 1. The minimum Gasteiger partial charge on any atom is -0.467 e. The van der Waals surface area contributed by atoms with Gasteiger partial charge in [0.2, 0.25) is 11.1 Å². The zero-order valence-corrected chi connectivity index (χ0v) is 11.9. The first kappa shape index (κ1) is 13.2. The van der Waals surface area contributed by atoms with Crippen LogP contribution >= 0.6 is 11.8 Å². The van der Waals surface area contributed by atoms with Gasteiger partial charge in [-0.15, -0.1) is 5.10 Å². The fraction of sp³-hybridized carbons (Fsp3) is 0.462. The lowest BCUT2D eigenvalue weighted by molar-refractivity contribution is -0.119. The Morgan fingerprint density at radius 3 is 3.20 bits per heavy atom. The number of aromatic nitrogens is 3. The summed E-state index contributed by atoms with van der Waals surface area (Å²) in [4.78, 5) is 16.2. The summed E-state index contributed by atoms with van der Waals surface area (Å²) in [6.45, 7) is 1.89. The largest absolute Gasteiger partial charge is 0.467 e. The number of thioether (sulfide) groups is 1. The van der Waals surface area contributed by atoms with Gasteiger partial charge in [-0.05, 0) is 31.9 Å².